The maximum absolute atomic E-state index is 13.7. The molecule has 118 valence electrons. The Kier molecular flexibility index (Phi) is 3.65. The monoisotopic (exact) mass is 317 g/mol. The zero-order chi connectivity index (χ0) is 16.6. The summed E-state index contributed by atoms with van der Waals surface area (Å²) in [4.78, 5) is 36.9. The summed E-state index contributed by atoms with van der Waals surface area (Å²) in [6.45, 7) is 1.53. The highest BCUT2D eigenvalue weighted by Gasteiger charge is 2.37. The van der Waals surface area contributed by atoms with E-state index in [-0.39, 0.29) is 29.9 Å². The van der Waals surface area contributed by atoms with Crippen molar-refractivity contribution in [2.45, 2.75) is 13.3 Å². The zero-order valence-corrected chi connectivity index (χ0v) is 12.1. The van der Waals surface area contributed by atoms with Crippen molar-refractivity contribution < 1.29 is 23.3 Å². The van der Waals surface area contributed by atoms with Crippen LogP contribution in [0.5, 0.6) is 0 Å². The van der Waals surface area contributed by atoms with E-state index in [1.165, 1.54) is 18.2 Å². The molecule has 0 aliphatic carbocycles. The van der Waals surface area contributed by atoms with Gasteiger partial charge in [-0.1, -0.05) is 11.2 Å². The predicted octanol–water partition coefficient (Wildman–Crippen LogP) is 1.75. The lowest BCUT2D eigenvalue weighted by molar-refractivity contribution is -0.116. The molecule has 23 heavy (non-hydrogen) atoms. The van der Waals surface area contributed by atoms with E-state index in [0.29, 0.717) is 5.76 Å². The van der Waals surface area contributed by atoms with Gasteiger partial charge in [0.25, 0.3) is 11.8 Å². The van der Waals surface area contributed by atoms with Gasteiger partial charge >= 0.3 is 0 Å². The summed E-state index contributed by atoms with van der Waals surface area (Å²) in [5, 5.41) is 6.09. The number of benzene rings is 1. The van der Waals surface area contributed by atoms with Crippen LogP contribution in [0.1, 0.15) is 32.9 Å². The van der Waals surface area contributed by atoms with Crippen LogP contribution in [0.25, 0.3) is 0 Å². The van der Waals surface area contributed by atoms with Gasteiger partial charge in [0.2, 0.25) is 5.91 Å². The van der Waals surface area contributed by atoms with Gasteiger partial charge in [0.1, 0.15) is 11.6 Å². The van der Waals surface area contributed by atoms with Crippen molar-refractivity contribution in [3.63, 3.8) is 0 Å². The molecule has 3 amide bonds. The zero-order valence-electron chi connectivity index (χ0n) is 12.1. The highest BCUT2D eigenvalue weighted by molar-refractivity contribution is 6.21. The van der Waals surface area contributed by atoms with Gasteiger partial charge < -0.3 is 9.84 Å². The van der Waals surface area contributed by atoms with Gasteiger partial charge in [-0.15, -0.1) is 0 Å². The van der Waals surface area contributed by atoms with Crippen molar-refractivity contribution in [1.82, 2.24) is 10.1 Å². The number of nitrogens with one attached hydrogen (secondary N) is 1. The minimum atomic E-state index is -0.745. The van der Waals surface area contributed by atoms with Gasteiger partial charge in [0.15, 0.2) is 5.82 Å². The van der Waals surface area contributed by atoms with Gasteiger partial charge in [-0.3, -0.25) is 19.3 Å². The lowest BCUT2D eigenvalue weighted by Gasteiger charge is -2.12. The van der Waals surface area contributed by atoms with Crippen LogP contribution in [0.15, 0.2) is 28.8 Å². The van der Waals surface area contributed by atoms with Crippen molar-refractivity contribution in [2.75, 3.05) is 11.9 Å². The summed E-state index contributed by atoms with van der Waals surface area (Å²) < 4.78 is 18.5. The molecule has 1 aliphatic heterocycles. The molecule has 2 heterocycles. The van der Waals surface area contributed by atoms with Gasteiger partial charge in [-0.25, -0.2) is 4.39 Å². The smallest absolute Gasteiger partial charge is 0.264 e. The number of rotatable bonds is 4. The number of amides is 3. The molecule has 8 heteroatoms. The number of fused-ring (bicyclic) bond motifs is 1. The number of imide groups is 1. The highest BCUT2D eigenvalue weighted by Crippen LogP contribution is 2.25. The molecule has 1 aromatic heterocycles. The normalized spacial score (nSPS) is 13.4. The molecule has 0 bridgehead atoms. The van der Waals surface area contributed by atoms with Crippen LogP contribution >= 0.6 is 0 Å². The molecule has 0 radical (unpaired) electrons. The second-order valence-corrected chi connectivity index (χ2v) is 5.05. The third-order valence-electron chi connectivity index (χ3n) is 3.41. The molecular formula is C15H12FN3O4. The molecule has 1 aliphatic rings. The topological polar surface area (TPSA) is 92.5 Å². The molecule has 1 aromatic carbocycles. The second-order valence-electron chi connectivity index (χ2n) is 5.05. The van der Waals surface area contributed by atoms with E-state index in [2.05, 4.69) is 10.5 Å². The van der Waals surface area contributed by atoms with Crippen LogP contribution in [0, 0.1) is 12.7 Å². The average Bonchev–Trinajstić information content (AvgIpc) is 3.01. The van der Waals surface area contributed by atoms with Gasteiger partial charge in [-0.05, 0) is 19.1 Å². The molecule has 0 saturated carbocycles. The Hall–Kier alpha value is -3.03. The molecule has 0 atom stereocenters. The number of aryl methyl sites for hydroxylation is 1. The largest absolute Gasteiger partial charge is 0.360 e. The Bertz CT molecular complexity index is 815. The number of hydrogen-bond acceptors (Lipinski definition) is 5. The molecular weight excluding hydrogens is 305 g/mol. The number of hydrogen-bond donors (Lipinski definition) is 1. The van der Waals surface area contributed by atoms with E-state index in [4.69, 9.17) is 4.52 Å². The third-order valence-corrected chi connectivity index (χ3v) is 3.41. The van der Waals surface area contributed by atoms with Gasteiger partial charge in [0.05, 0.1) is 11.1 Å². The highest BCUT2D eigenvalue weighted by atomic mass is 19.1. The van der Waals surface area contributed by atoms with Gasteiger partial charge in [0, 0.05) is 19.0 Å². The summed E-state index contributed by atoms with van der Waals surface area (Å²) in [7, 11) is 0. The summed E-state index contributed by atoms with van der Waals surface area (Å²) >= 11 is 0. The maximum atomic E-state index is 13.7. The molecule has 0 unspecified atom stereocenters. The van der Waals surface area contributed by atoms with Crippen molar-refractivity contribution >= 4 is 23.5 Å². The van der Waals surface area contributed by atoms with Crippen LogP contribution in [-0.4, -0.2) is 34.3 Å². The van der Waals surface area contributed by atoms with Crippen molar-refractivity contribution in [2.24, 2.45) is 0 Å². The first-order valence-corrected chi connectivity index (χ1v) is 6.85. The number of halogens is 1. The molecule has 0 fully saturated rings. The number of carbonyl (C=O) groups excluding carboxylic acids is 3. The molecule has 1 N–H and O–H groups in total. The quantitative estimate of drug-likeness (QED) is 0.867. The predicted molar refractivity (Wildman–Crippen MR) is 76.3 cm³/mol. The fourth-order valence-electron chi connectivity index (χ4n) is 2.34. The Balaban J connectivity index is 1.65. The molecule has 2 aromatic rings. The van der Waals surface area contributed by atoms with E-state index in [9.17, 15) is 18.8 Å². The fraction of sp³-hybridized carbons (Fsp3) is 0.200. The van der Waals surface area contributed by atoms with Crippen molar-refractivity contribution in [3.8, 4) is 0 Å². The summed E-state index contributed by atoms with van der Waals surface area (Å²) in [5.41, 5.74) is -0.229. The lowest BCUT2D eigenvalue weighted by atomic mass is 10.1. The Morgan fingerprint density at radius 3 is 2.78 bits per heavy atom. The Morgan fingerprint density at radius 1 is 1.35 bits per heavy atom. The number of anilines is 1. The van der Waals surface area contributed by atoms with Crippen LogP contribution in [0.3, 0.4) is 0 Å². The molecule has 0 spiro atoms. The molecule has 3 rings (SSSR count). The van der Waals surface area contributed by atoms with Crippen molar-refractivity contribution in [1.29, 1.82) is 0 Å². The lowest BCUT2D eigenvalue weighted by Crippen LogP contribution is -2.33. The third kappa shape index (κ3) is 2.70. The number of aromatic nitrogens is 1. The molecule has 0 saturated heterocycles. The SMILES string of the molecule is Cc1cc(NC(=O)CCN2C(=O)c3cccc(F)c3C2=O)no1. The van der Waals surface area contributed by atoms with Crippen LogP contribution < -0.4 is 5.32 Å². The van der Waals surface area contributed by atoms with Crippen LogP contribution in [0.2, 0.25) is 0 Å². The first-order chi connectivity index (χ1) is 11.0. The van der Waals surface area contributed by atoms with E-state index >= 15 is 0 Å². The van der Waals surface area contributed by atoms with Gasteiger partial charge in [-0.2, -0.15) is 0 Å². The molecule has 7 nitrogen and oxygen atoms in total. The Labute approximate surface area is 130 Å². The van der Waals surface area contributed by atoms with E-state index in [1.54, 1.807) is 6.92 Å². The average molecular weight is 317 g/mol. The summed E-state index contributed by atoms with van der Waals surface area (Å²) in [5.74, 6) is -1.72. The first-order valence-electron chi connectivity index (χ1n) is 6.85. The summed E-state index contributed by atoms with van der Waals surface area (Å²) in [6, 6.07) is 5.40. The number of nitrogens with zero attached hydrogens (tertiary/aromatic N) is 2. The van der Waals surface area contributed by atoms with E-state index in [0.717, 1.165) is 11.0 Å². The minimum absolute atomic E-state index is 0.0162. The van der Waals surface area contributed by atoms with E-state index in [1.807, 2.05) is 0 Å². The van der Waals surface area contributed by atoms with Crippen LogP contribution in [-0.2, 0) is 4.79 Å². The van der Waals surface area contributed by atoms with Crippen molar-refractivity contribution in [3.05, 3.63) is 47.0 Å². The van der Waals surface area contributed by atoms with E-state index < -0.39 is 23.5 Å². The fourth-order valence-corrected chi connectivity index (χ4v) is 2.34. The minimum Gasteiger partial charge on any atom is -0.360 e. The first kappa shape index (κ1) is 14.9. The second kappa shape index (κ2) is 5.64. The van der Waals surface area contributed by atoms with Crippen LogP contribution in [0.4, 0.5) is 10.2 Å². The number of carbonyl (C=O) groups is 3. The maximum Gasteiger partial charge on any atom is 0.264 e. The Morgan fingerprint density at radius 2 is 2.13 bits per heavy atom. The standard InChI is InChI=1S/C15H12FN3O4/c1-8-7-11(18-23-8)17-12(20)5-6-19-14(21)9-3-2-4-10(16)13(9)15(19)22/h2-4,7H,5-6H2,1H3,(H,17,18,20). The summed E-state index contributed by atoms with van der Waals surface area (Å²) in [6.07, 6.45) is -0.126.